The lowest BCUT2D eigenvalue weighted by Gasteiger charge is -2.22. The van der Waals surface area contributed by atoms with E-state index in [2.05, 4.69) is 4.98 Å². The van der Waals surface area contributed by atoms with Crippen molar-refractivity contribution in [3.63, 3.8) is 0 Å². The summed E-state index contributed by atoms with van der Waals surface area (Å²) in [6.45, 7) is 1.86. The van der Waals surface area contributed by atoms with Gasteiger partial charge in [0, 0.05) is 17.7 Å². The molecule has 0 radical (unpaired) electrons. The van der Waals surface area contributed by atoms with Crippen molar-refractivity contribution in [2.75, 3.05) is 4.90 Å². The van der Waals surface area contributed by atoms with Crippen molar-refractivity contribution in [3.8, 4) is 0 Å². The molecule has 0 aliphatic carbocycles. The Morgan fingerprint density at radius 1 is 1.11 bits per heavy atom. The first-order valence-corrected chi connectivity index (χ1v) is 11.2. The van der Waals surface area contributed by atoms with Crippen molar-refractivity contribution >= 4 is 49.8 Å². The van der Waals surface area contributed by atoms with Gasteiger partial charge in [0.05, 0.1) is 26.8 Å². The number of rotatable bonds is 4. The third-order valence-corrected chi connectivity index (χ3v) is 6.73. The summed E-state index contributed by atoms with van der Waals surface area (Å²) in [6, 6.07) is 15.0. The van der Waals surface area contributed by atoms with Gasteiger partial charge in [0.1, 0.15) is 11.6 Å². The van der Waals surface area contributed by atoms with Gasteiger partial charge in [0.25, 0.3) is 11.5 Å². The van der Waals surface area contributed by atoms with Gasteiger partial charge in [-0.05, 0) is 30.7 Å². The van der Waals surface area contributed by atoms with E-state index in [1.807, 2.05) is 6.92 Å². The molecule has 0 spiro atoms. The number of carbonyl (C=O) groups excluding carboxylic acids is 2. The van der Waals surface area contributed by atoms with Crippen molar-refractivity contribution in [1.29, 1.82) is 0 Å². The van der Waals surface area contributed by atoms with Crippen molar-refractivity contribution in [2.24, 2.45) is 0 Å². The number of ketones is 1. The molecule has 2 heterocycles. The first kappa shape index (κ1) is 22.4. The quantitative estimate of drug-likeness (QED) is 0.137. The number of thiazole rings is 1. The first-order valence-electron chi connectivity index (χ1n) is 10.4. The lowest BCUT2D eigenvalue weighted by Crippen LogP contribution is -2.29. The number of aliphatic hydroxyl groups excluding tert-OH is 1. The van der Waals surface area contributed by atoms with E-state index in [9.17, 15) is 29.2 Å². The standard InChI is InChI=1S/C25H16FN3O5S/c1-13-5-7-14(8-6-13)22(30)20-21(15-3-2-4-17(11-15)29(33)34)28(24(32)23(20)31)25-27-18-10-9-16(26)12-19(18)35-25/h2-12,21,30H,1H3/t21-/m1/s1. The highest BCUT2D eigenvalue weighted by Crippen LogP contribution is 2.44. The highest BCUT2D eigenvalue weighted by Gasteiger charge is 2.48. The summed E-state index contributed by atoms with van der Waals surface area (Å²) in [7, 11) is 0. The lowest BCUT2D eigenvalue weighted by molar-refractivity contribution is -0.384. The number of anilines is 1. The summed E-state index contributed by atoms with van der Waals surface area (Å²) >= 11 is 0.999. The number of amides is 1. The Morgan fingerprint density at radius 3 is 2.57 bits per heavy atom. The van der Waals surface area contributed by atoms with Crippen LogP contribution < -0.4 is 4.90 Å². The number of nitrogens with zero attached hydrogens (tertiary/aromatic N) is 3. The van der Waals surface area contributed by atoms with Crippen LogP contribution >= 0.6 is 11.3 Å². The number of benzene rings is 3. The van der Waals surface area contributed by atoms with Gasteiger partial charge in [-0.15, -0.1) is 0 Å². The molecule has 174 valence electrons. The second-order valence-electron chi connectivity index (χ2n) is 8.00. The van der Waals surface area contributed by atoms with E-state index in [0.717, 1.165) is 21.8 Å². The van der Waals surface area contributed by atoms with Gasteiger partial charge >= 0.3 is 5.91 Å². The maximum atomic E-state index is 13.7. The van der Waals surface area contributed by atoms with Crippen molar-refractivity contribution in [3.05, 3.63) is 105 Å². The first-order chi connectivity index (χ1) is 16.7. The van der Waals surface area contributed by atoms with E-state index in [0.29, 0.717) is 15.8 Å². The summed E-state index contributed by atoms with van der Waals surface area (Å²) in [5.74, 6) is -2.79. The van der Waals surface area contributed by atoms with Crippen LogP contribution in [0.3, 0.4) is 0 Å². The molecule has 35 heavy (non-hydrogen) atoms. The minimum atomic E-state index is -1.18. The minimum absolute atomic E-state index is 0.104. The number of nitro benzene ring substituents is 1. The van der Waals surface area contributed by atoms with E-state index in [4.69, 9.17) is 0 Å². The molecule has 1 saturated heterocycles. The second kappa shape index (κ2) is 8.41. The van der Waals surface area contributed by atoms with E-state index in [-0.39, 0.29) is 22.0 Å². The summed E-state index contributed by atoms with van der Waals surface area (Å²) in [5, 5.41) is 22.7. The number of aryl methyl sites for hydroxylation is 1. The minimum Gasteiger partial charge on any atom is -0.507 e. The van der Waals surface area contributed by atoms with Crippen LogP contribution in [0.25, 0.3) is 16.0 Å². The zero-order valence-electron chi connectivity index (χ0n) is 18.1. The molecule has 5 rings (SSSR count). The maximum Gasteiger partial charge on any atom is 0.301 e. The van der Waals surface area contributed by atoms with Gasteiger partial charge in [0.15, 0.2) is 5.13 Å². The fraction of sp³-hybridized carbons (Fsp3) is 0.0800. The van der Waals surface area contributed by atoms with Crippen LogP contribution in [-0.2, 0) is 9.59 Å². The number of hydrogen-bond acceptors (Lipinski definition) is 7. The van der Waals surface area contributed by atoms with Gasteiger partial charge in [-0.1, -0.05) is 53.3 Å². The molecule has 1 fully saturated rings. The molecule has 4 aromatic rings. The van der Waals surface area contributed by atoms with Crippen LogP contribution in [0.1, 0.15) is 22.7 Å². The number of non-ortho nitro benzene ring substituents is 1. The van der Waals surface area contributed by atoms with Crippen molar-refractivity contribution < 1.29 is 24.0 Å². The Bertz CT molecular complexity index is 1560. The van der Waals surface area contributed by atoms with E-state index in [1.165, 1.54) is 42.5 Å². The highest BCUT2D eigenvalue weighted by atomic mass is 32.1. The fourth-order valence-electron chi connectivity index (χ4n) is 4.01. The number of Topliss-reactive ketones (excluding diaryl/α,β-unsaturated/α-hetero) is 1. The van der Waals surface area contributed by atoms with Crippen LogP contribution in [0.4, 0.5) is 15.2 Å². The number of aliphatic hydroxyl groups is 1. The van der Waals surface area contributed by atoms with Gasteiger partial charge in [-0.3, -0.25) is 24.6 Å². The Kier molecular flexibility index (Phi) is 5.37. The molecular weight excluding hydrogens is 473 g/mol. The Labute approximate surface area is 201 Å². The summed E-state index contributed by atoms with van der Waals surface area (Å²) in [5.41, 5.74) is 1.45. The van der Waals surface area contributed by atoms with E-state index < -0.39 is 34.2 Å². The van der Waals surface area contributed by atoms with Gasteiger partial charge in [0.2, 0.25) is 0 Å². The van der Waals surface area contributed by atoms with Gasteiger partial charge in [-0.2, -0.15) is 0 Å². The second-order valence-corrected chi connectivity index (χ2v) is 9.00. The number of fused-ring (bicyclic) bond motifs is 1. The molecule has 1 atom stereocenters. The average Bonchev–Trinajstić information content (AvgIpc) is 3.37. The lowest BCUT2D eigenvalue weighted by atomic mass is 9.95. The van der Waals surface area contributed by atoms with Gasteiger partial charge < -0.3 is 5.11 Å². The topological polar surface area (TPSA) is 114 Å². The molecule has 1 N–H and O–H groups in total. The molecule has 0 unspecified atom stereocenters. The molecule has 1 amide bonds. The number of carbonyl (C=O) groups is 2. The smallest absolute Gasteiger partial charge is 0.301 e. The SMILES string of the molecule is Cc1ccc(C(O)=C2C(=O)C(=O)N(c3nc4ccc(F)cc4s3)[C@@H]2c2cccc([N+](=O)[O-])c2)cc1. The van der Waals surface area contributed by atoms with E-state index in [1.54, 1.807) is 24.3 Å². The average molecular weight is 489 g/mol. The summed E-state index contributed by atoms with van der Waals surface area (Å²) < 4.78 is 14.2. The number of hydrogen-bond donors (Lipinski definition) is 1. The number of aromatic nitrogens is 1. The molecule has 3 aromatic carbocycles. The molecule has 10 heteroatoms. The van der Waals surface area contributed by atoms with Crippen LogP contribution in [0.2, 0.25) is 0 Å². The summed E-state index contributed by atoms with van der Waals surface area (Å²) in [6.07, 6.45) is 0. The largest absolute Gasteiger partial charge is 0.507 e. The molecule has 1 aromatic heterocycles. The molecule has 0 saturated carbocycles. The zero-order valence-corrected chi connectivity index (χ0v) is 19.0. The normalized spacial score (nSPS) is 17.3. The van der Waals surface area contributed by atoms with Crippen LogP contribution in [0.15, 0.2) is 72.3 Å². The maximum absolute atomic E-state index is 13.7. The predicted molar refractivity (Wildman–Crippen MR) is 129 cm³/mol. The highest BCUT2D eigenvalue weighted by molar-refractivity contribution is 7.22. The molecule has 1 aliphatic rings. The van der Waals surface area contributed by atoms with Crippen LogP contribution in [0.5, 0.6) is 0 Å². The Balaban J connectivity index is 1.75. The molecule has 0 bridgehead atoms. The van der Waals surface area contributed by atoms with Crippen LogP contribution in [0, 0.1) is 22.9 Å². The Morgan fingerprint density at radius 2 is 1.86 bits per heavy atom. The predicted octanol–water partition coefficient (Wildman–Crippen LogP) is 5.28. The monoisotopic (exact) mass is 489 g/mol. The third-order valence-electron chi connectivity index (χ3n) is 5.71. The van der Waals surface area contributed by atoms with Crippen LogP contribution in [-0.4, -0.2) is 26.7 Å². The Hall–Kier alpha value is -4.44. The summed E-state index contributed by atoms with van der Waals surface area (Å²) in [4.78, 5) is 42.8. The third kappa shape index (κ3) is 3.83. The molecule has 1 aliphatic heterocycles. The van der Waals surface area contributed by atoms with Crippen molar-refractivity contribution in [2.45, 2.75) is 13.0 Å². The van der Waals surface area contributed by atoms with E-state index >= 15 is 0 Å². The van der Waals surface area contributed by atoms with Crippen molar-refractivity contribution in [1.82, 2.24) is 4.98 Å². The number of halogens is 1. The van der Waals surface area contributed by atoms with Gasteiger partial charge in [-0.25, -0.2) is 9.37 Å². The molecule has 8 nitrogen and oxygen atoms in total. The number of nitro groups is 1. The molecular formula is C25H16FN3O5S. The zero-order chi connectivity index (χ0) is 24.9. The fourth-order valence-corrected chi connectivity index (χ4v) is 5.03.